The third kappa shape index (κ3) is 4.06. The van der Waals surface area contributed by atoms with Crippen LogP contribution < -0.4 is 5.32 Å². The molecule has 1 aliphatic heterocycles. The molecular formula is C18H31N3. The Morgan fingerprint density at radius 1 is 1.24 bits per heavy atom. The van der Waals surface area contributed by atoms with Crippen molar-refractivity contribution in [1.29, 1.82) is 0 Å². The first-order chi connectivity index (χ1) is 10.0. The Hall–Kier alpha value is -0.900. The van der Waals surface area contributed by atoms with Gasteiger partial charge in [-0.2, -0.15) is 0 Å². The lowest BCUT2D eigenvalue weighted by Gasteiger charge is -2.42. The van der Waals surface area contributed by atoms with Crippen LogP contribution >= 0.6 is 0 Å². The van der Waals surface area contributed by atoms with E-state index >= 15 is 0 Å². The van der Waals surface area contributed by atoms with Gasteiger partial charge in [0.25, 0.3) is 0 Å². The zero-order valence-electron chi connectivity index (χ0n) is 14.3. The Morgan fingerprint density at radius 2 is 1.90 bits per heavy atom. The average molecular weight is 289 g/mol. The molecule has 1 aromatic rings. The topological polar surface area (TPSA) is 18.5 Å². The van der Waals surface area contributed by atoms with Crippen molar-refractivity contribution in [3.8, 4) is 0 Å². The van der Waals surface area contributed by atoms with E-state index in [1.54, 1.807) is 0 Å². The third-order valence-corrected chi connectivity index (χ3v) is 4.96. The van der Waals surface area contributed by atoms with E-state index in [1.807, 2.05) is 0 Å². The van der Waals surface area contributed by atoms with Gasteiger partial charge < -0.3 is 10.2 Å². The van der Waals surface area contributed by atoms with Crippen molar-refractivity contribution in [2.24, 2.45) is 0 Å². The molecule has 0 radical (unpaired) electrons. The van der Waals surface area contributed by atoms with E-state index in [-0.39, 0.29) is 0 Å². The van der Waals surface area contributed by atoms with Gasteiger partial charge in [-0.3, -0.25) is 4.90 Å². The quantitative estimate of drug-likeness (QED) is 0.899. The van der Waals surface area contributed by atoms with Gasteiger partial charge in [0.15, 0.2) is 0 Å². The van der Waals surface area contributed by atoms with Crippen LogP contribution in [0.25, 0.3) is 0 Å². The van der Waals surface area contributed by atoms with Crippen LogP contribution in [0.2, 0.25) is 0 Å². The Labute approximate surface area is 130 Å². The molecule has 118 valence electrons. The molecule has 1 saturated heterocycles. The van der Waals surface area contributed by atoms with Crippen molar-refractivity contribution < 1.29 is 0 Å². The molecule has 0 spiro atoms. The molecule has 1 aliphatic rings. The van der Waals surface area contributed by atoms with Gasteiger partial charge in [-0.1, -0.05) is 29.8 Å². The van der Waals surface area contributed by atoms with E-state index in [1.165, 1.54) is 37.1 Å². The lowest BCUT2D eigenvalue weighted by molar-refractivity contribution is 0.0865. The summed E-state index contributed by atoms with van der Waals surface area (Å²) in [5, 5.41) is 3.52. The summed E-state index contributed by atoms with van der Waals surface area (Å²) < 4.78 is 0. The minimum atomic E-state index is 0.395. The van der Waals surface area contributed by atoms with Crippen molar-refractivity contribution in [3.63, 3.8) is 0 Å². The average Bonchev–Trinajstić information content (AvgIpc) is 2.50. The summed E-state index contributed by atoms with van der Waals surface area (Å²) in [6.45, 7) is 6.90. The number of rotatable bonds is 5. The molecule has 0 bridgehead atoms. The fraction of sp³-hybridized carbons (Fsp3) is 0.667. The summed E-state index contributed by atoms with van der Waals surface area (Å²) in [6, 6.07) is 10.6. The maximum Gasteiger partial charge on any atom is 0.0473 e. The maximum absolute atomic E-state index is 3.52. The van der Waals surface area contributed by atoms with E-state index in [9.17, 15) is 0 Å². The first-order valence-electron chi connectivity index (χ1n) is 8.17. The monoisotopic (exact) mass is 289 g/mol. The van der Waals surface area contributed by atoms with Gasteiger partial charge in [-0.05, 0) is 59.9 Å². The SMILES string of the molecule is CNC(c1ccc(C)cc1)C(C)N1CCCC(N(C)C)C1. The molecule has 0 saturated carbocycles. The molecule has 3 unspecified atom stereocenters. The van der Waals surface area contributed by atoms with E-state index < -0.39 is 0 Å². The molecule has 1 N–H and O–H groups in total. The van der Waals surface area contributed by atoms with Crippen molar-refractivity contribution >= 4 is 0 Å². The van der Waals surface area contributed by atoms with Crippen LogP contribution in [0.1, 0.15) is 36.9 Å². The Kier molecular flexibility index (Phi) is 5.80. The number of nitrogens with zero attached hydrogens (tertiary/aromatic N) is 2. The van der Waals surface area contributed by atoms with Crippen molar-refractivity contribution in [2.45, 2.75) is 44.8 Å². The first kappa shape index (κ1) is 16.5. The summed E-state index contributed by atoms with van der Waals surface area (Å²) in [5.41, 5.74) is 2.72. The number of hydrogen-bond acceptors (Lipinski definition) is 3. The zero-order chi connectivity index (χ0) is 15.4. The van der Waals surface area contributed by atoms with Crippen LogP contribution in [0.3, 0.4) is 0 Å². The third-order valence-electron chi connectivity index (χ3n) is 4.96. The molecule has 0 amide bonds. The second-order valence-electron chi connectivity index (χ2n) is 6.67. The molecule has 1 fully saturated rings. The molecule has 3 heteroatoms. The lowest BCUT2D eigenvalue weighted by atomic mass is 9.95. The molecule has 0 aliphatic carbocycles. The molecule has 3 atom stereocenters. The van der Waals surface area contributed by atoms with Gasteiger partial charge in [0.05, 0.1) is 0 Å². The summed E-state index contributed by atoms with van der Waals surface area (Å²) >= 11 is 0. The van der Waals surface area contributed by atoms with E-state index in [0.717, 1.165) is 0 Å². The Balaban J connectivity index is 2.08. The number of benzene rings is 1. The van der Waals surface area contributed by atoms with Crippen molar-refractivity contribution in [2.75, 3.05) is 34.2 Å². The van der Waals surface area contributed by atoms with Gasteiger partial charge in [-0.15, -0.1) is 0 Å². The van der Waals surface area contributed by atoms with E-state index in [2.05, 4.69) is 74.4 Å². The van der Waals surface area contributed by atoms with Crippen LogP contribution in [0.4, 0.5) is 0 Å². The summed E-state index contributed by atoms with van der Waals surface area (Å²) in [4.78, 5) is 5.02. The normalized spacial score (nSPS) is 23.2. The smallest absolute Gasteiger partial charge is 0.0473 e. The highest BCUT2D eigenvalue weighted by Gasteiger charge is 2.29. The van der Waals surface area contributed by atoms with Crippen LogP contribution in [0.15, 0.2) is 24.3 Å². The van der Waals surface area contributed by atoms with Gasteiger partial charge in [-0.25, -0.2) is 0 Å². The Bertz CT molecular complexity index is 427. The summed E-state index contributed by atoms with van der Waals surface area (Å²) in [7, 11) is 6.48. The molecule has 0 aromatic heterocycles. The van der Waals surface area contributed by atoms with E-state index in [0.29, 0.717) is 18.1 Å². The fourth-order valence-electron chi connectivity index (χ4n) is 3.45. The fourth-order valence-corrected chi connectivity index (χ4v) is 3.45. The highest BCUT2D eigenvalue weighted by molar-refractivity contribution is 5.25. The summed E-state index contributed by atoms with van der Waals surface area (Å²) in [6.07, 6.45) is 2.63. The van der Waals surface area contributed by atoms with Crippen LogP contribution in [-0.4, -0.2) is 56.1 Å². The predicted molar refractivity (Wildman–Crippen MR) is 90.7 cm³/mol. The second kappa shape index (κ2) is 7.39. The molecule has 3 nitrogen and oxygen atoms in total. The number of likely N-dealkylation sites (tertiary alicyclic amines) is 1. The van der Waals surface area contributed by atoms with E-state index in [4.69, 9.17) is 0 Å². The number of likely N-dealkylation sites (N-methyl/N-ethyl adjacent to an activating group) is 2. The van der Waals surface area contributed by atoms with Gasteiger partial charge in [0.2, 0.25) is 0 Å². The predicted octanol–water partition coefficient (Wildman–Crippen LogP) is 2.67. The largest absolute Gasteiger partial charge is 0.312 e. The highest BCUT2D eigenvalue weighted by Crippen LogP contribution is 2.25. The molecular weight excluding hydrogens is 258 g/mol. The lowest BCUT2D eigenvalue weighted by Crippen LogP contribution is -2.51. The Morgan fingerprint density at radius 3 is 2.48 bits per heavy atom. The van der Waals surface area contributed by atoms with Crippen LogP contribution in [-0.2, 0) is 0 Å². The summed E-state index contributed by atoms with van der Waals surface area (Å²) in [5.74, 6) is 0. The van der Waals surface area contributed by atoms with Crippen LogP contribution in [0.5, 0.6) is 0 Å². The number of hydrogen-bond donors (Lipinski definition) is 1. The first-order valence-corrected chi connectivity index (χ1v) is 8.17. The second-order valence-corrected chi connectivity index (χ2v) is 6.67. The van der Waals surface area contributed by atoms with Crippen LogP contribution in [0, 0.1) is 6.92 Å². The molecule has 1 aromatic carbocycles. The van der Waals surface area contributed by atoms with Gasteiger partial charge in [0.1, 0.15) is 0 Å². The number of aryl methyl sites for hydroxylation is 1. The highest BCUT2D eigenvalue weighted by atomic mass is 15.2. The van der Waals surface area contributed by atoms with Crippen molar-refractivity contribution in [3.05, 3.63) is 35.4 Å². The zero-order valence-corrected chi connectivity index (χ0v) is 14.3. The molecule has 1 heterocycles. The number of piperidine rings is 1. The number of nitrogens with one attached hydrogen (secondary N) is 1. The van der Waals surface area contributed by atoms with Crippen molar-refractivity contribution in [1.82, 2.24) is 15.1 Å². The van der Waals surface area contributed by atoms with Gasteiger partial charge >= 0.3 is 0 Å². The van der Waals surface area contributed by atoms with Gasteiger partial charge in [0, 0.05) is 24.7 Å². The minimum absolute atomic E-state index is 0.395. The molecule has 2 rings (SSSR count). The minimum Gasteiger partial charge on any atom is -0.312 e. The molecule has 21 heavy (non-hydrogen) atoms. The standard InChI is InChI=1S/C18H31N3/c1-14-8-10-16(11-9-14)18(19-3)15(2)21-12-6-7-17(13-21)20(4)5/h8-11,15,17-19H,6-7,12-13H2,1-5H3. The maximum atomic E-state index is 3.52.